The maximum atomic E-state index is 6.17. The second kappa shape index (κ2) is 5.33. The molecule has 0 spiro atoms. The molecule has 3 N–H and O–H groups in total. The molecule has 112 valence electrons. The van der Waals surface area contributed by atoms with Gasteiger partial charge in [0.05, 0.1) is 11.9 Å². The Morgan fingerprint density at radius 1 is 1.33 bits per heavy atom. The van der Waals surface area contributed by atoms with Gasteiger partial charge in [-0.3, -0.25) is 4.68 Å². The van der Waals surface area contributed by atoms with Crippen molar-refractivity contribution in [1.82, 2.24) is 19.7 Å². The molecule has 7 nitrogen and oxygen atoms in total. The number of anilines is 3. The van der Waals surface area contributed by atoms with Crippen molar-refractivity contribution >= 4 is 17.5 Å². The molecule has 3 heterocycles. The fourth-order valence-corrected chi connectivity index (χ4v) is 2.45. The van der Waals surface area contributed by atoms with Crippen LogP contribution >= 0.6 is 0 Å². The first kappa shape index (κ1) is 13.8. The molecule has 0 aliphatic carbocycles. The first-order valence-corrected chi connectivity index (χ1v) is 7.14. The van der Waals surface area contributed by atoms with Crippen LogP contribution in [-0.2, 0) is 7.05 Å². The van der Waals surface area contributed by atoms with Crippen molar-refractivity contribution in [2.75, 3.05) is 23.3 Å². The molecular weight excluding hydrogens is 266 g/mol. The summed E-state index contributed by atoms with van der Waals surface area (Å²) in [4.78, 5) is 11.1. The van der Waals surface area contributed by atoms with Crippen molar-refractivity contribution in [3.05, 3.63) is 24.7 Å². The molecule has 1 saturated heterocycles. The first-order chi connectivity index (χ1) is 10.0. The molecule has 0 saturated carbocycles. The van der Waals surface area contributed by atoms with E-state index in [0.717, 1.165) is 37.4 Å². The van der Waals surface area contributed by atoms with Gasteiger partial charge in [0.15, 0.2) is 0 Å². The third-order valence-electron chi connectivity index (χ3n) is 3.83. The Kier molecular flexibility index (Phi) is 3.50. The van der Waals surface area contributed by atoms with Crippen LogP contribution in [0.25, 0.3) is 0 Å². The van der Waals surface area contributed by atoms with Crippen molar-refractivity contribution in [1.29, 1.82) is 0 Å². The maximum absolute atomic E-state index is 6.17. The summed E-state index contributed by atoms with van der Waals surface area (Å²) in [5.41, 5.74) is 6.99. The van der Waals surface area contributed by atoms with E-state index in [2.05, 4.69) is 32.2 Å². The van der Waals surface area contributed by atoms with Crippen LogP contribution in [0.2, 0.25) is 0 Å². The van der Waals surface area contributed by atoms with Gasteiger partial charge in [-0.25, -0.2) is 4.98 Å². The van der Waals surface area contributed by atoms with Gasteiger partial charge in [0.1, 0.15) is 5.82 Å². The van der Waals surface area contributed by atoms with Crippen molar-refractivity contribution < 1.29 is 0 Å². The van der Waals surface area contributed by atoms with E-state index in [0.29, 0.717) is 5.95 Å². The summed E-state index contributed by atoms with van der Waals surface area (Å²) in [5, 5.41) is 7.28. The molecule has 0 aromatic carbocycles. The van der Waals surface area contributed by atoms with E-state index in [-0.39, 0.29) is 5.54 Å². The summed E-state index contributed by atoms with van der Waals surface area (Å²) in [6.07, 6.45) is 7.36. The second-order valence-corrected chi connectivity index (χ2v) is 5.91. The number of hydrogen-bond acceptors (Lipinski definition) is 6. The highest BCUT2D eigenvalue weighted by Crippen LogP contribution is 2.23. The fraction of sp³-hybridized carbons (Fsp3) is 0.500. The molecular formula is C14H21N7. The number of nitrogens with one attached hydrogen (secondary N) is 1. The Morgan fingerprint density at radius 2 is 2.10 bits per heavy atom. The summed E-state index contributed by atoms with van der Waals surface area (Å²) >= 11 is 0. The van der Waals surface area contributed by atoms with E-state index in [1.807, 2.05) is 19.3 Å². The molecule has 3 rings (SSSR count). The molecule has 1 aliphatic rings. The van der Waals surface area contributed by atoms with Crippen LogP contribution < -0.4 is 16.0 Å². The Morgan fingerprint density at radius 3 is 2.76 bits per heavy atom. The molecule has 0 atom stereocenters. The van der Waals surface area contributed by atoms with Crippen molar-refractivity contribution in [3.63, 3.8) is 0 Å². The van der Waals surface area contributed by atoms with Crippen LogP contribution in [0.1, 0.15) is 19.8 Å². The zero-order valence-corrected chi connectivity index (χ0v) is 12.5. The molecule has 1 aliphatic heterocycles. The normalized spacial score (nSPS) is 17.8. The summed E-state index contributed by atoms with van der Waals surface area (Å²) < 4.78 is 1.74. The number of aromatic nitrogens is 4. The van der Waals surface area contributed by atoms with Gasteiger partial charge >= 0.3 is 0 Å². The fourth-order valence-electron chi connectivity index (χ4n) is 2.45. The van der Waals surface area contributed by atoms with E-state index in [1.54, 1.807) is 17.1 Å². The summed E-state index contributed by atoms with van der Waals surface area (Å²) in [6.45, 7) is 3.96. The molecule has 7 heteroatoms. The summed E-state index contributed by atoms with van der Waals surface area (Å²) in [7, 11) is 1.88. The molecule has 0 amide bonds. The van der Waals surface area contributed by atoms with Gasteiger partial charge < -0.3 is 16.0 Å². The maximum Gasteiger partial charge on any atom is 0.229 e. The van der Waals surface area contributed by atoms with Gasteiger partial charge in [0.25, 0.3) is 0 Å². The van der Waals surface area contributed by atoms with E-state index < -0.39 is 0 Å². The number of piperidine rings is 1. The third kappa shape index (κ3) is 3.30. The van der Waals surface area contributed by atoms with Crippen LogP contribution in [0.5, 0.6) is 0 Å². The number of rotatable bonds is 3. The van der Waals surface area contributed by atoms with Crippen LogP contribution in [-0.4, -0.2) is 38.4 Å². The molecule has 1 fully saturated rings. The molecule has 2 aromatic rings. The lowest BCUT2D eigenvalue weighted by molar-refractivity contribution is 0.363. The average molecular weight is 287 g/mol. The van der Waals surface area contributed by atoms with Crippen LogP contribution in [0.15, 0.2) is 24.7 Å². The van der Waals surface area contributed by atoms with Crippen LogP contribution in [0.3, 0.4) is 0 Å². The zero-order valence-electron chi connectivity index (χ0n) is 12.5. The topological polar surface area (TPSA) is 84.9 Å². The Balaban J connectivity index is 1.71. The molecule has 0 bridgehead atoms. The molecule has 0 unspecified atom stereocenters. The van der Waals surface area contributed by atoms with Gasteiger partial charge in [-0.05, 0) is 25.8 Å². The number of nitrogens with zero attached hydrogens (tertiary/aromatic N) is 5. The van der Waals surface area contributed by atoms with Crippen molar-refractivity contribution in [2.24, 2.45) is 12.8 Å². The number of aryl methyl sites for hydroxylation is 1. The lowest BCUT2D eigenvalue weighted by Gasteiger charge is -2.37. The second-order valence-electron chi connectivity index (χ2n) is 5.91. The first-order valence-electron chi connectivity index (χ1n) is 7.14. The minimum absolute atomic E-state index is 0.0552. The molecule has 2 aromatic heterocycles. The Bertz CT molecular complexity index is 609. The highest BCUT2D eigenvalue weighted by molar-refractivity contribution is 5.53. The predicted octanol–water partition coefficient (Wildman–Crippen LogP) is 1.27. The van der Waals surface area contributed by atoms with Gasteiger partial charge in [-0.2, -0.15) is 10.1 Å². The monoisotopic (exact) mass is 287 g/mol. The van der Waals surface area contributed by atoms with E-state index in [1.165, 1.54) is 0 Å². The van der Waals surface area contributed by atoms with Gasteiger partial charge in [-0.15, -0.1) is 0 Å². The van der Waals surface area contributed by atoms with Crippen LogP contribution in [0.4, 0.5) is 17.5 Å². The van der Waals surface area contributed by atoms with Gasteiger partial charge in [0, 0.05) is 38.1 Å². The number of hydrogen-bond donors (Lipinski definition) is 2. The van der Waals surface area contributed by atoms with Gasteiger partial charge in [-0.1, -0.05) is 0 Å². The Labute approximate surface area is 124 Å². The highest BCUT2D eigenvalue weighted by Gasteiger charge is 2.26. The Hall–Kier alpha value is -2.15. The molecule has 0 radical (unpaired) electrons. The SMILES string of the molecule is Cn1cc(Nc2nccc(N3CCC(C)(N)CC3)n2)cn1. The minimum atomic E-state index is -0.0552. The van der Waals surface area contributed by atoms with Crippen molar-refractivity contribution in [2.45, 2.75) is 25.3 Å². The average Bonchev–Trinajstić information content (AvgIpc) is 2.84. The third-order valence-corrected chi connectivity index (χ3v) is 3.83. The summed E-state index contributed by atoms with van der Waals surface area (Å²) in [5.74, 6) is 1.52. The summed E-state index contributed by atoms with van der Waals surface area (Å²) in [6, 6.07) is 1.94. The predicted molar refractivity (Wildman–Crippen MR) is 82.6 cm³/mol. The van der Waals surface area contributed by atoms with E-state index >= 15 is 0 Å². The lowest BCUT2D eigenvalue weighted by Crippen LogP contribution is -2.48. The minimum Gasteiger partial charge on any atom is -0.356 e. The van der Waals surface area contributed by atoms with E-state index in [9.17, 15) is 0 Å². The van der Waals surface area contributed by atoms with Crippen LogP contribution in [0, 0.1) is 0 Å². The number of nitrogens with two attached hydrogens (primary N) is 1. The standard InChI is InChI=1S/C14H21N7/c1-14(15)4-7-21(8-5-14)12-3-6-16-13(19-12)18-11-9-17-20(2)10-11/h3,6,9-10H,4-5,7-8,15H2,1-2H3,(H,16,18,19). The zero-order chi connectivity index (χ0) is 14.9. The van der Waals surface area contributed by atoms with Crippen molar-refractivity contribution in [3.8, 4) is 0 Å². The smallest absolute Gasteiger partial charge is 0.229 e. The molecule has 21 heavy (non-hydrogen) atoms. The largest absolute Gasteiger partial charge is 0.356 e. The lowest BCUT2D eigenvalue weighted by atomic mass is 9.91. The van der Waals surface area contributed by atoms with E-state index in [4.69, 9.17) is 5.73 Å². The quantitative estimate of drug-likeness (QED) is 0.884. The van der Waals surface area contributed by atoms with Gasteiger partial charge in [0.2, 0.25) is 5.95 Å². The highest BCUT2D eigenvalue weighted by atomic mass is 15.3.